The number of nitrogens with zero attached hydrogens (tertiary/aromatic N) is 2. The van der Waals surface area contributed by atoms with Crippen molar-refractivity contribution in [1.82, 2.24) is 0 Å². The summed E-state index contributed by atoms with van der Waals surface area (Å²) in [6.45, 7) is 2.17. The fraction of sp³-hybridized carbons (Fsp3) is 0.217. The standard InChI is InChI=1S/C23H24N2.2Br2I/c1(6-16-24-18-8-12-20-10-2-4-14-22(20)24)7-17-25-19-9-13-21-11-3-5-15-23(21)25;2*1-3-2/h2-5,8-15,18-19H,1,6-7,16-17H2;;/q+2;2*-1. The quantitative estimate of drug-likeness (QED) is 0.159. The van der Waals surface area contributed by atoms with E-state index in [0.717, 1.165) is 13.1 Å². The normalized spacial score (nSPS) is 10.5. The average Bonchev–Trinajstić information content (AvgIpc) is 2.80. The monoisotopic (exact) mass is 898 g/mol. The smallest absolute Gasteiger partial charge is 0.198 e. The van der Waals surface area contributed by atoms with Crippen LogP contribution < -0.4 is 42.6 Å². The molecule has 2 nitrogen and oxygen atoms in total. The first kappa shape index (κ1) is 27.9. The fourth-order valence-corrected chi connectivity index (χ4v) is 3.57. The number of pyridine rings is 2. The maximum Gasteiger partial charge on any atom is 0.212 e. The molecular formula is C23H24Br4I2N2. The zero-order valence-electron chi connectivity index (χ0n) is 16.8. The molecule has 0 aliphatic heterocycles. The zero-order chi connectivity index (χ0) is 22.3. The SMILES string of the molecule is Br[I-]Br.Br[I-]Br.c1ccc2c(c1)ccc[n+]2CCCCC[n+]1cccc2ccccc21. The van der Waals surface area contributed by atoms with E-state index in [2.05, 4.69) is 145 Å². The van der Waals surface area contributed by atoms with Crippen molar-refractivity contribution in [2.45, 2.75) is 32.4 Å². The van der Waals surface area contributed by atoms with Gasteiger partial charge in [-0.25, -0.2) is 0 Å². The summed E-state index contributed by atoms with van der Waals surface area (Å²) in [5.74, 6) is 0. The molecule has 0 aliphatic carbocycles. The average molecular weight is 902 g/mol. The van der Waals surface area contributed by atoms with E-state index in [1.54, 1.807) is 0 Å². The Balaban J connectivity index is 0.000000513. The molecule has 0 N–H and O–H groups in total. The number of benzene rings is 2. The van der Waals surface area contributed by atoms with Crippen LogP contribution >= 0.6 is 50.8 Å². The van der Waals surface area contributed by atoms with Crippen molar-refractivity contribution in [3.8, 4) is 0 Å². The Morgan fingerprint density at radius 1 is 0.516 bits per heavy atom. The van der Waals surface area contributed by atoms with Gasteiger partial charge in [0, 0.05) is 47.9 Å². The van der Waals surface area contributed by atoms with Gasteiger partial charge in [0.1, 0.15) is 13.1 Å². The molecule has 0 amide bonds. The molecule has 2 aromatic carbocycles. The van der Waals surface area contributed by atoms with Crippen LogP contribution in [0, 0.1) is 0 Å². The Morgan fingerprint density at radius 3 is 1.29 bits per heavy atom. The van der Waals surface area contributed by atoms with Crippen molar-refractivity contribution in [2.75, 3.05) is 0 Å². The van der Waals surface area contributed by atoms with Crippen LogP contribution in [0.5, 0.6) is 0 Å². The number of halogens is 6. The molecule has 0 radical (unpaired) electrons. The minimum absolute atomic E-state index is 0.215. The van der Waals surface area contributed by atoms with Gasteiger partial charge in [-0.2, -0.15) is 9.13 Å². The summed E-state index contributed by atoms with van der Waals surface area (Å²) < 4.78 is 4.75. The van der Waals surface area contributed by atoms with Crippen LogP contribution in [0.3, 0.4) is 0 Å². The maximum atomic E-state index is 3.17. The van der Waals surface area contributed by atoms with Gasteiger partial charge in [0.25, 0.3) is 0 Å². The van der Waals surface area contributed by atoms with Crippen LogP contribution in [0.4, 0.5) is 0 Å². The summed E-state index contributed by atoms with van der Waals surface area (Å²) in [6.07, 6.45) is 8.06. The van der Waals surface area contributed by atoms with Crippen LogP contribution in [-0.2, 0) is 13.1 Å². The maximum absolute atomic E-state index is 3.17. The van der Waals surface area contributed by atoms with E-state index in [-0.39, 0.29) is 33.5 Å². The van der Waals surface area contributed by atoms with Crippen molar-refractivity contribution < 1.29 is 42.6 Å². The van der Waals surface area contributed by atoms with Crippen LogP contribution in [0.2, 0.25) is 0 Å². The van der Waals surface area contributed by atoms with Crippen LogP contribution in [0.25, 0.3) is 21.8 Å². The molecule has 0 saturated heterocycles. The van der Waals surface area contributed by atoms with Gasteiger partial charge in [0.05, 0.1) is 0 Å². The van der Waals surface area contributed by atoms with Crippen LogP contribution in [0.15, 0.2) is 85.2 Å². The van der Waals surface area contributed by atoms with Crippen LogP contribution in [-0.4, -0.2) is 0 Å². The third-order valence-corrected chi connectivity index (χ3v) is 4.87. The van der Waals surface area contributed by atoms with Gasteiger partial charge in [-0.05, 0) is 30.7 Å². The second kappa shape index (κ2) is 17.1. The Kier molecular flexibility index (Phi) is 15.4. The molecule has 2 heterocycles. The van der Waals surface area contributed by atoms with Crippen molar-refractivity contribution in [3.63, 3.8) is 0 Å². The molecule has 4 aromatic rings. The second-order valence-corrected chi connectivity index (χ2v) is 26.1. The number of aromatic nitrogens is 2. The van der Waals surface area contributed by atoms with E-state index < -0.39 is 0 Å². The minimum atomic E-state index is 0.215. The summed E-state index contributed by atoms with van der Waals surface area (Å²) in [7, 11) is 0. The number of unbranched alkanes of at least 4 members (excludes halogenated alkanes) is 2. The third kappa shape index (κ3) is 9.80. The molecule has 0 atom stereocenters. The van der Waals surface area contributed by atoms with Gasteiger partial charge in [-0.3, -0.25) is 0 Å². The Morgan fingerprint density at radius 2 is 0.871 bits per heavy atom. The molecule has 31 heavy (non-hydrogen) atoms. The molecule has 0 saturated carbocycles. The molecule has 0 bridgehead atoms. The zero-order valence-corrected chi connectivity index (χ0v) is 27.4. The number of hydrogen-bond acceptors (Lipinski definition) is 0. The topological polar surface area (TPSA) is 7.76 Å². The number of rotatable bonds is 6. The molecule has 4 rings (SSSR count). The van der Waals surface area contributed by atoms with Crippen molar-refractivity contribution in [3.05, 3.63) is 85.2 Å². The van der Waals surface area contributed by atoms with Gasteiger partial charge in [0.15, 0.2) is 12.4 Å². The molecule has 0 unspecified atom stereocenters. The number of para-hydroxylation sites is 2. The summed E-state index contributed by atoms with van der Waals surface area (Å²) in [6, 6.07) is 25.9. The van der Waals surface area contributed by atoms with E-state index in [1.165, 1.54) is 41.1 Å². The Bertz CT molecular complexity index is 956. The number of hydrogen-bond donors (Lipinski definition) is 0. The summed E-state index contributed by atoms with van der Waals surface area (Å²) in [4.78, 5) is 0. The number of fused-ring (bicyclic) bond motifs is 2. The summed E-state index contributed by atoms with van der Waals surface area (Å²) in [5, 5.41) is 2.63. The van der Waals surface area contributed by atoms with Gasteiger partial charge in [-0.15, -0.1) is 0 Å². The van der Waals surface area contributed by atoms with Gasteiger partial charge >= 0.3 is 84.3 Å². The molecule has 0 fully saturated rings. The Hall–Kier alpha value is 0.640. The molecule has 168 valence electrons. The van der Waals surface area contributed by atoms with Crippen molar-refractivity contribution >= 4 is 72.6 Å². The second-order valence-electron chi connectivity index (χ2n) is 6.69. The van der Waals surface area contributed by atoms with E-state index >= 15 is 0 Å². The van der Waals surface area contributed by atoms with Crippen molar-refractivity contribution in [2.24, 2.45) is 0 Å². The van der Waals surface area contributed by atoms with Crippen LogP contribution in [0.1, 0.15) is 19.3 Å². The van der Waals surface area contributed by atoms with E-state index in [0.29, 0.717) is 0 Å². The molecule has 8 heteroatoms. The first-order valence-electron chi connectivity index (χ1n) is 9.73. The predicted molar refractivity (Wildman–Crippen MR) is 138 cm³/mol. The first-order valence-corrected chi connectivity index (χ1v) is 29.1. The molecular weight excluding hydrogens is 878 g/mol. The fourth-order valence-electron chi connectivity index (χ4n) is 3.57. The largest absolute Gasteiger partial charge is 0.212 e. The minimum Gasteiger partial charge on any atom is -0.198 e. The predicted octanol–water partition coefficient (Wildman–Crippen LogP) is 1.83. The van der Waals surface area contributed by atoms with Crippen molar-refractivity contribution in [1.29, 1.82) is 0 Å². The molecule has 2 aromatic heterocycles. The summed E-state index contributed by atoms with van der Waals surface area (Å²) >= 11 is 13.1. The van der Waals surface area contributed by atoms with E-state index in [4.69, 9.17) is 0 Å². The van der Waals surface area contributed by atoms with Gasteiger partial charge < -0.3 is 0 Å². The first-order chi connectivity index (χ1) is 15.2. The van der Waals surface area contributed by atoms with Gasteiger partial charge in [-0.1, -0.05) is 24.3 Å². The summed E-state index contributed by atoms with van der Waals surface area (Å²) in [5.41, 5.74) is 2.65. The van der Waals surface area contributed by atoms with E-state index in [1.807, 2.05) is 0 Å². The Labute approximate surface area is 229 Å². The molecule has 0 spiro atoms. The van der Waals surface area contributed by atoms with Gasteiger partial charge in [0.2, 0.25) is 11.0 Å². The van der Waals surface area contributed by atoms with E-state index in [9.17, 15) is 0 Å². The third-order valence-electron chi connectivity index (χ3n) is 4.87. The number of aryl methyl sites for hydroxylation is 2. The molecule has 0 aliphatic rings.